The Hall–Kier alpha value is -1.88. The van der Waals surface area contributed by atoms with E-state index in [0.717, 1.165) is 58.0 Å². The Morgan fingerprint density at radius 2 is 1.94 bits per heavy atom. The Morgan fingerprint density at radius 1 is 1.17 bits per heavy atom. The van der Waals surface area contributed by atoms with Gasteiger partial charge < -0.3 is 36.6 Å². The molecule has 2 aromatic rings. The quantitative estimate of drug-likeness (QED) is 0.365. The molecule has 4 fully saturated rings. The standard InChI is InChI=1S/C25H32N4O4S.BrH/c30-23(28-22-6-10-26-17-27-22)15-29-11-7-18(8-12-29)21(14-29)33-24(31)25(32,20-9-13-34-16-20)19-4-2-1-3-5-19;/h6,9-10,13,16-19,21,32H,1-5,7-8,11-12,14-15H2;1H/t18?,21?,25-,29?;/m1./s1. The largest absolute Gasteiger partial charge is 1.00 e. The number of aromatic nitrogens is 2. The van der Waals surface area contributed by atoms with Gasteiger partial charge in [0.1, 0.15) is 18.7 Å². The molecule has 10 heteroatoms. The second kappa shape index (κ2) is 11.0. The molecule has 3 aliphatic heterocycles. The average Bonchev–Trinajstić information content (AvgIpc) is 3.40. The van der Waals surface area contributed by atoms with Crippen molar-refractivity contribution < 1.29 is 40.9 Å². The third kappa shape index (κ3) is 5.45. The van der Waals surface area contributed by atoms with Crippen LogP contribution in [0.15, 0.2) is 35.4 Å². The van der Waals surface area contributed by atoms with E-state index in [-0.39, 0.29) is 40.8 Å². The molecule has 1 saturated carbocycles. The number of esters is 1. The smallest absolute Gasteiger partial charge is 0.343 e. The highest BCUT2D eigenvalue weighted by atomic mass is 79.9. The summed E-state index contributed by atoms with van der Waals surface area (Å²) in [6, 6.07) is 3.52. The molecular formula is C25H33BrN4O4S. The van der Waals surface area contributed by atoms with Crippen LogP contribution in [0.25, 0.3) is 0 Å². The van der Waals surface area contributed by atoms with Crippen molar-refractivity contribution in [2.75, 3.05) is 31.5 Å². The van der Waals surface area contributed by atoms with Gasteiger partial charge >= 0.3 is 5.97 Å². The fraction of sp³-hybridized carbons (Fsp3) is 0.600. The number of halogens is 1. The number of amides is 1. The molecule has 1 aliphatic carbocycles. The molecule has 1 amide bonds. The number of anilines is 1. The van der Waals surface area contributed by atoms with E-state index in [1.54, 1.807) is 12.3 Å². The summed E-state index contributed by atoms with van der Waals surface area (Å²) < 4.78 is 6.74. The van der Waals surface area contributed by atoms with Gasteiger partial charge in [0.25, 0.3) is 5.91 Å². The van der Waals surface area contributed by atoms with E-state index < -0.39 is 11.6 Å². The Bertz CT molecular complexity index is 994. The summed E-state index contributed by atoms with van der Waals surface area (Å²) in [5.41, 5.74) is -0.939. The highest BCUT2D eigenvalue weighted by Crippen LogP contribution is 2.43. The Morgan fingerprint density at radius 3 is 2.60 bits per heavy atom. The first-order valence-electron chi connectivity index (χ1n) is 12.4. The van der Waals surface area contributed by atoms with Crippen LogP contribution in [-0.4, -0.2) is 63.7 Å². The fourth-order valence-corrected chi connectivity index (χ4v) is 6.89. The van der Waals surface area contributed by atoms with Crippen LogP contribution in [0.4, 0.5) is 5.82 Å². The van der Waals surface area contributed by atoms with E-state index in [9.17, 15) is 14.7 Å². The summed E-state index contributed by atoms with van der Waals surface area (Å²) in [6.07, 6.45) is 9.41. The van der Waals surface area contributed by atoms with Gasteiger partial charge in [-0.1, -0.05) is 19.3 Å². The van der Waals surface area contributed by atoms with Crippen molar-refractivity contribution in [3.8, 4) is 0 Å². The summed E-state index contributed by atoms with van der Waals surface area (Å²) in [7, 11) is 0. The summed E-state index contributed by atoms with van der Waals surface area (Å²) in [5.74, 6) is 0.0424. The zero-order valence-electron chi connectivity index (χ0n) is 19.8. The molecule has 190 valence electrons. The van der Waals surface area contributed by atoms with Crippen LogP contribution in [0, 0.1) is 11.8 Å². The number of hydrogen-bond donors (Lipinski definition) is 2. The molecule has 0 aromatic carbocycles. The number of thiophene rings is 1. The van der Waals surface area contributed by atoms with Crippen molar-refractivity contribution in [1.29, 1.82) is 0 Å². The normalized spacial score (nSPS) is 27.9. The van der Waals surface area contributed by atoms with Gasteiger partial charge in [0, 0.05) is 36.4 Å². The molecule has 0 spiro atoms. The Kier molecular flexibility index (Phi) is 8.25. The number of carbonyl (C=O) groups is 2. The van der Waals surface area contributed by atoms with Gasteiger partial charge in [-0.25, -0.2) is 14.8 Å². The molecule has 8 nitrogen and oxygen atoms in total. The predicted molar refractivity (Wildman–Crippen MR) is 128 cm³/mol. The number of hydrogen-bond acceptors (Lipinski definition) is 7. The number of piperidine rings is 3. The maximum atomic E-state index is 13.6. The van der Waals surface area contributed by atoms with E-state index in [0.29, 0.717) is 29.0 Å². The lowest BCUT2D eigenvalue weighted by Gasteiger charge is -2.52. The van der Waals surface area contributed by atoms with Crippen LogP contribution in [0.5, 0.6) is 0 Å². The molecule has 6 rings (SSSR count). The van der Waals surface area contributed by atoms with Gasteiger partial charge in [0.2, 0.25) is 0 Å². The molecular weight excluding hydrogens is 532 g/mol. The van der Waals surface area contributed by atoms with E-state index in [4.69, 9.17) is 4.74 Å². The predicted octanol–water partition coefficient (Wildman–Crippen LogP) is 0.101. The average molecular weight is 566 g/mol. The molecule has 3 saturated heterocycles. The lowest BCUT2D eigenvalue weighted by Crippen LogP contribution is -3.00. The third-order valence-corrected chi connectivity index (χ3v) is 8.78. The van der Waals surface area contributed by atoms with Crippen molar-refractivity contribution in [3.63, 3.8) is 0 Å². The SMILES string of the molecule is O=C(C[N+]12CCC(CC1)C(OC(=O)[C@](O)(c1ccsc1)C1CCCCC1)C2)Nc1ccncn1.[Br-]. The molecule has 0 radical (unpaired) electrons. The van der Waals surface area contributed by atoms with Crippen molar-refractivity contribution >= 4 is 29.0 Å². The van der Waals surface area contributed by atoms with E-state index in [1.807, 2.05) is 16.8 Å². The highest BCUT2D eigenvalue weighted by molar-refractivity contribution is 7.08. The number of quaternary nitrogens is 1. The number of rotatable bonds is 7. The van der Waals surface area contributed by atoms with Crippen molar-refractivity contribution in [3.05, 3.63) is 41.0 Å². The number of nitrogens with zero attached hydrogens (tertiary/aromatic N) is 3. The van der Waals surface area contributed by atoms with Gasteiger partial charge in [-0.3, -0.25) is 4.79 Å². The van der Waals surface area contributed by atoms with Crippen LogP contribution in [-0.2, 0) is 19.9 Å². The summed E-state index contributed by atoms with van der Waals surface area (Å²) in [4.78, 5) is 34.3. The Balaban J connectivity index is 0.00000289. The summed E-state index contributed by atoms with van der Waals surface area (Å²) in [6.45, 7) is 2.72. The monoisotopic (exact) mass is 564 g/mol. The summed E-state index contributed by atoms with van der Waals surface area (Å²) >= 11 is 1.49. The zero-order valence-corrected chi connectivity index (χ0v) is 22.2. The van der Waals surface area contributed by atoms with E-state index in [1.165, 1.54) is 17.7 Å². The molecule has 4 aliphatic rings. The minimum atomic E-state index is -1.60. The first-order chi connectivity index (χ1) is 16.5. The van der Waals surface area contributed by atoms with Gasteiger partial charge in [-0.15, -0.1) is 0 Å². The summed E-state index contributed by atoms with van der Waals surface area (Å²) in [5, 5.41) is 18.4. The van der Waals surface area contributed by atoms with Gasteiger partial charge in [-0.2, -0.15) is 11.3 Å². The van der Waals surface area contributed by atoms with Crippen molar-refractivity contribution in [2.45, 2.75) is 56.7 Å². The van der Waals surface area contributed by atoms with Crippen LogP contribution in [0.2, 0.25) is 0 Å². The number of aliphatic hydroxyl groups is 1. The van der Waals surface area contributed by atoms with Crippen LogP contribution in [0.3, 0.4) is 0 Å². The Labute approximate surface area is 220 Å². The van der Waals surface area contributed by atoms with Gasteiger partial charge in [0.15, 0.2) is 18.2 Å². The first kappa shape index (κ1) is 26.2. The third-order valence-electron chi connectivity index (χ3n) is 8.10. The van der Waals surface area contributed by atoms with Crippen molar-refractivity contribution in [1.82, 2.24) is 9.97 Å². The lowest BCUT2D eigenvalue weighted by molar-refractivity contribution is -0.939. The zero-order chi connectivity index (χ0) is 23.6. The maximum absolute atomic E-state index is 13.6. The number of carbonyl (C=O) groups excluding carboxylic acids is 2. The molecule has 35 heavy (non-hydrogen) atoms. The van der Waals surface area contributed by atoms with Crippen LogP contribution in [0.1, 0.15) is 50.5 Å². The van der Waals surface area contributed by atoms with Crippen LogP contribution < -0.4 is 22.3 Å². The number of ether oxygens (including phenoxy) is 1. The molecule has 2 bridgehead atoms. The first-order valence-corrected chi connectivity index (χ1v) is 13.3. The molecule has 2 aromatic heterocycles. The van der Waals surface area contributed by atoms with Crippen molar-refractivity contribution in [2.24, 2.45) is 11.8 Å². The highest BCUT2D eigenvalue weighted by Gasteiger charge is 2.52. The molecule has 5 heterocycles. The van der Waals surface area contributed by atoms with Gasteiger partial charge in [0.05, 0.1) is 13.1 Å². The number of nitrogens with one attached hydrogen (secondary N) is 1. The van der Waals surface area contributed by atoms with Gasteiger partial charge in [-0.05, 0) is 35.7 Å². The topological polar surface area (TPSA) is 101 Å². The molecule has 1 unspecified atom stereocenters. The second-order valence-electron chi connectivity index (χ2n) is 10.2. The number of fused-ring (bicyclic) bond motifs is 3. The second-order valence-corrected chi connectivity index (χ2v) is 10.9. The van der Waals surface area contributed by atoms with Crippen LogP contribution >= 0.6 is 11.3 Å². The minimum absolute atomic E-state index is 0. The molecule has 2 atom stereocenters. The fourth-order valence-electron chi connectivity index (χ4n) is 6.18. The van der Waals surface area contributed by atoms with E-state index in [2.05, 4.69) is 15.3 Å². The van der Waals surface area contributed by atoms with E-state index >= 15 is 0 Å². The maximum Gasteiger partial charge on any atom is 0.343 e. The minimum Gasteiger partial charge on any atom is -1.00 e. The lowest BCUT2D eigenvalue weighted by atomic mass is 9.74. The molecule has 2 N–H and O–H groups in total.